The summed E-state index contributed by atoms with van der Waals surface area (Å²) in [6.07, 6.45) is 5.91. The van der Waals surface area contributed by atoms with Crippen molar-refractivity contribution in [3.8, 4) is 11.5 Å². The summed E-state index contributed by atoms with van der Waals surface area (Å²) >= 11 is 0. The van der Waals surface area contributed by atoms with Crippen LogP contribution >= 0.6 is 0 Å². The van der Waals surface area contributed by atoms with Crippen LogP contribution in [-0.2, 0) is 0 Å². The second-order valence-electron chi connectivity index (χ2n) is 3.72. The van der Waals surface area contributed by atoms with Crippen LogP contribution in [0.3, 0.4) is 0 Å². The van der Waals surface area contributed by atoms with Crippen LogP contribution in [0.2, 0.25) is 0 Å². The van der Waals surface area contributed by atoms with Gasteiger partial charge in [-0.2, -0.15) is 0 Å². The molecule has 0 aromatic carbocycles. The Morgan fingerprint density at radius 3 is 2.65 bits per heavy atom. The fourth-order valence-electron chi connectivity index (χ4n) is 1.42. The van der Waals surface area contributed by atoms with E-state index in [1.165, 1.54) is 0 Å². The predicted molar refractivity (Wildman–Crippen MR) is 65.8 cm³/mol. The average molecular weight is 229 g/mol. The first-order chi connectivity index (χ1) is 8.29. The number of aromatic nitrogens is 2. The number of hydrogen-bond donors (Lipinski definition) is 1. The van der Waals surface area contributed by atoms with Crippen LogP contribution in [0.1, 0.15) is 25.1 Å². The molecule has 0 saturated carbocycles. The molecular weight excluding hydrogens is 214 g/mol. The van der Waals surface area contributed by atoms with E-state index in [-0.39, 0.29) is 6.04 Å². The zero-order chi connectivity index (χ0) is 12.1. The van der Waals surface area contributed by atoms with E-state index in [0.717, 1.165) is 12.1 Å². The van der Waals surface area contributed by atoms with Gasteiger partial charge in [0.1, 0.15) is 11.5 Å². The Hall–Kier alpha value is -1.94. The Labute approximate surface area is 100 Å². The van der Waals surface area contributed by atoms with Crippen molar-refractivity contribution in [3.05, 3.63) is 48.5 Å². The zero-order valence-electron chi connectivity index (χ0n) is 9.71. The number of hydrogen-bond acceptors (Lipinski definition) is 4. The molecule has 4 nitrogen and oxygen atoms in total. The van der Waals surface area contributed by atoms with Gasteiger partial charge in [-0.1, -0.05) is 6.92 Å². The van der Waals surface area contributed by atoms with Gasteiger partial charge in [-0.15, -0.1) is 0 Å². The lowest BCUT2D eigenvalue weighted by atomic mass is 10.1. The molecule has 0 aliphatic carbocycles. The largest absolute Gasteiger partial charge is 0.454 e. The Balaban J connectivity index is 2.08. The highest BCUT2D eigenvalue weighted by Gasteiger charge is 2.05. The number of pyridine rings is 2. The van der Waals surface area contributed by atoms with Crippen LogP contribution < -0.4 is 10.5 Å². The van der Waals surface area contributed by atoms with Crippen molar-refractivity contribution in [2.24, 2.45) is 5.73 Å². The molecule has 1 atom stereocenters. The molecule has 0 spiro atoms. The van der Waals surface area contributed by atoms with Gasteiger partial charge in [-0.3, -0.25) is 9.97 Å². The molecule has 4 heteroatoms. The molecule has 0 radical (unpaired) electrons. The number of ether oxygens (including phenoxy) is 1. The highest BCUT2D eigenvalue weighted by Crippen LogP contribution is 2.20. The minimum atomic E-state index is -0.0116. The van der Waals surface area contributed by atoms with Gasteiger partial charge in [0.05, 0.1) is 18.1 Å². The van der Waals surface area contributed by atoms with Gasteiger partial charge < -0.3 is 10.5 Å². The minimum absolute atomic E-state index is 0.0116. The van der Waals surface area contributed by atoms with E-state index in [2.05, 4.69) is 9.97 Å². The predicted octanol–water partition coefficient (Wildman–Crippen LogP) is 2.68. The van der Waals surface area contributed by atoms with E-state index < -0.39 is 0 Å². The van der Waals surface area contributed by atoms with E-state index in [1.807, 2.05) is 31.2 Å². The first kappa shape index (κ1) is 11.5. The first-order valence-electron chi connectivity index (χ1n) is 5.59. The molecule has 2 aromatic rings. The van der Waals surface area contributed by atoms with Crippen LogP contribution in [0.15, 0.2) is 42.9 Å². The number of nitrogens with zero attached hydrogens (tertiary/aromatic N) is 2. The summed E-state index contributed by atoms with van der Waals surface area (Å²) in [5.41, 5.74) is 6.76. The molecule has 0 unspecified atom stereocenters. The lowest BCUT2D eigenvalue weighted by molar-refractivity contribution is 0.476. The molecule has 88 valence electrons. The van der Waals surface area contributed by atoms with Gasteiger partial charge in [-0.05, 0) is 30.7 Å². The summed E-state index contributed by atoms with van der Waals surface area (Å²) in [6, 6.07) is 7.41. The second kappa shape index (κ2) is 5.41. The molecule has 17 heavy (non-hydrogen) atoms. The molecular formula is C13H15N3O. The highest BCUT2D eigenvalue weighted by atomic mass is 16.5. The maximum atomic E-state index is 5.88. The van der Waals surface area contributed by atoms with Crippen LogP contribution in [0.4, 0.5) is 0 Å². The standard InChI is InChI=1S/C13H15N3O/c1-2-12(14)13-6-5-11(9-16-13)17-10-4-3-7-15-8-10/h3-9,12H,2,14H2,1H3/t12-/m1/s1. The quantitative estimate of drug-likeness (QED) is 0.875. The van der Waals surface area contributed by atoms with E-state index in [9.17, 15) is 0 Å². The summed E-state index contributed by atoms with van der Waals surface area (Å²) in [5, 5.41) is 0. The number of nitrogens with two attached hydrogens (primary N) is 1. The lowest BCUT2D eigenvalue weighted by Crippen LogP contribution is -2.10. The summed E-state index contributed by atoms with van der Waals surface area (Å²) in [7, 11) is 0. The fraction of sp³-hybridized carbons (Fsp3) is 0.231. The summed E-state index contributed by atoms with van der Waals surface area (Å²) in [6.45, 7) is 2.03. The van der Waals surface area contributed by atoms with Gasteiger partial charge >= 0.3 is 0 Å². The molecule has 0 aliphatic rings. The molecule has 2 heterocycles. The van der Waals surface area contributed by atoms with Gasteiger partial charge in [-0.25, -0.2) is 0 Å². The van der Waals surface area contributed by atoms with Gasteiger partial charge in [0.25, 0.3) is 0 Å². The van der Waals surface area contributed by atoms with Crippen LogP contribution in [0, 0.1) is 0 Å². The van der Waals surface area contributed by atoms with Gasteiger partial charge in [0.15, 0.2) is 0 Å². The molecule has 0 fully saturated rings. The third-order valence-corrected chi connectivity index (χ3v) is 2.45. The Morgan fingerprint density at radius 1 is 1.24 bits per heavy atom. The van der Waals surface area contributed by atoms with E-state index >= 15 is 0 Å². The van der Waals surface area contributed by atoms with Crippen molar-refractivity contribution in [1.82, 2.24) is 9.97 Å². The fourth-order valence-corrected chi connectivity index (χ4v) is 1.42. The van der Waals surface area contributed by atoms with Crippen molar-refractivity contribution >= 4 is 0 Å². The normalized spacial score (nSPS) is 12.1. The van der Waals surface area contributed by atoms with E-state index in [1.54, 1.807) is 18.6 Å². The molecule has 0 aliphatic heterocycles. The number of rotatable bonds is 4. The van der Waals surface area contributed by atoms with Crippen molar-refractivity contribution in [2.75, 3.05) is 0 Å². The lowest BCUT2D eigenvalue weighted by Gasteiger charge is -2.09. The Kier molecular flexibility index (Phi) is 3.67. The topological polar surface area (TPSA) is 61.0 Å². The van der Waals surface area contributed by atoms with Gasteiger partial charge in [0, 0.05) is 12.2 Å². The van der Waals surface area contributed by atoms with Crippen LogP contribution in [-0.4, -0.2) is 9.97 Å². The second-order valence-corrected chi connectivity index (χ2v) is 3.72. The average Bonchev–Trinajstić information content (AvgIpc) is 2.40. The van der Waals surface area contributed by atoms with E-state index in [0.29, 0.717) is 11.5 Å². The van der Waals surface area contributed by atoms with Crippen LogP contribution in [0.5, 0.6) is 11.5 Å². The van der Waals surface area contributed by atoms with Crippen molar-refractivity contribution in [2.45, 2.75) is 19.4 Å². The maximum absolute atomic E-state index is 5.88. The monoisotopic (exact) mass is 229 g/mol. The summed E-state index contributed by atoms with van der Waals surface area (Å²) < 4.78 is 5.58. The van der Waals surface area contributed by atoms with Crippen molar-refractivity contribution in [1.29, 1.82) is 0 Å². The molecule has 0 saturated heterocycles. The molecule has 2 N–H and O–H groups in total. The van der Waals surface area contributed by atoms with Crippen molar-refractivity contribution < 1.29 is 4.74 Å². The first-order valence-corrected chi connectivity index (χ1v) is 5.59. The molecule has 2 rings (SSSR count). The third kappa shape index (κ3) is 3.01. The molecule has 2 aromatic heterocycles. The SMILES string of the molecule is CC[C@@H](N)c1ccc(Oc2cccnc2)cn1. The van der Waals surface area contributed by atoms with Gasteiger partial charge in [0.2, 0.25) is 0 Å². The maximum Gasteiger partial charge on any atom is 0.145 e. The van der Waals surface area contributed by atoms with Crippen LogP contribution in [0.25, 0.3) is 0 Å². The van der Waals surface area contributed by atoms with E-state index in [4.69, 9.17) is 10.5 Å². The summed E-state index contributed by atoms with van der Waals surface area (Å²) in [5.74, 6) is 1.38. The highest BCUT2D eigenvalue weighted by molar-refractivity contribution is 5.28. The summed E-state index contributed by atoms with van der Waals surface area (Å²) in [4.78, 5) is 8.25. The molecule has 0 bridgehead atoms. The smallest absolute Gasteiger partial charge is 0.145 e. The zero-order valence-corrected chi connectivity index (χ0v) is 9.71. The Morgan fingerprint density at radius 2 is 2.06 bits per heavy atom. The third-order valence-electron chi connectivity index (χ3n) is 2.45. The minimum Gasteiger partial charge on any atom is -0.454 e. The Bertz CT molecular complexity index is 456. The molecule has 0 amide bonds. The van der Waals surface area contributed by atoms with Crippen molar-refractivity contribution in [3.63, 3.8) is 0 Å².